The van der Waals surface area contributed by atoms with Crippen molar-refractivity contribution in [3.05, 3.63) is 29.6 Å². The standard InChI is InChI=1S/C12H16FNO4S/c1-3-11(15)9-4-5-10(13)12(8-9)19(16,17)14-6-7-18-2/h4-5,8,14H,3,6-7H2,1-2H3. The highest BCUT2D eigenvalue weighted by atomic mass is 32.2. The summed E-state index contributed by atoms with van der Waals surface area (Å²) in [6, 6.07) is 3.30. The van der Waals surface area contributed by atoms with Crippen molar-refractivity contribution in [3.8, 4) is 0 Å². The summed E-state index contributed by atoms with van der Waals surface area (Å²) in [6.45, 7) is 1.86. The smallest absolute Gasteiger partial charge is 0.243 e. The van der Waals surface area contributed by atoms with Crippen LogP contribution in [0.4, 0.5) is 4.39 Å². The molecule has 1 rings (SSSR count). The first-order valence-electron chi connectivity index (χ1n) is 5.73. The van der Waals surface area contributed by atoms with E-state index in [9.17, 15) is 17.6 Å². The third-order valence-electron chi connectivity index (χ3n) is 2.46. The first kappa shape index (κ1) is 15.7. The molecular formula is C12H16FNO4S. The molecule has 1 aromatic rings. The third kappa shape index (κ3) is 4.09. The first-order valence-corrected chi connectivity index (χ1v) is 7.22. The summed E-state index contributed by atoms with van der Waals surface area (Å²) in [6.07, 6.45) is 0.224. The zero-order chi connectivity index (χ0) is 14.5. The predicted octanol–water partition coefficient (Wildman–Crippen LogP) is 1.34. The highest BCUT2D eigenvalue weighted by molar-refractivity contribution is 7.89. The van der Waals surface area contributed by atoms with Gasteiger partial charge in [-0.05, 0) is 18.2 Å². The van der Waals surface area contributed by atoms with E-state index in [2.05, 4.69) is 4.72 Å². The Balaban J connectivity index is 3.07. The molecule has 106 valence electrons. The SMILES string of the molecule is CCC(=O)c1ccc(F)c(S(=O)(=O)NCCOC)c1. The lowest BCUT2D eigenvalue weighted by molar-refractivity contribution is 0.0988. The number of hydrogen-bond acceptors (Lipinski definition) is 4. The lowest BCUT2D eigenvalue weighted by atomic mass is 10.1. The molecule has 0 radical (unpaired) electrons. The average molecular weight is 289 g/mol. The fourth-order valence-electron chi connectivity index (χ4n) is 1.44. The van der Waals surface area contributed by atoms with Gasteiger partial charge in [-0.1, -0.05) is 6.92 Å². The van der Waals surface area contributed by atoms with Gasteiger partial charge in [-0.25, -0.2) is 17.5 Å². The van der Waals surface area contributed by atoms with E-state index >= 15 is 0 Å². The Bertz CT molecular complexity index is 557. The highest BCUT2D eigenvalue weighted by Crippen LogP contribution is 2.17. The fourth-order valence-corrected chi connectivity index (χ4v) is 2.56. The second-order valence-electron chi connectivity index (χ2n) is 3.81. The summed E-state index contributed by atoms with van der Waals surface area (Å²) in [5, 5.41) is 0. The molecule has 5 nitrogen and oxygen atoms in total. The Kier molecular flexibility index (Phi) is 5.59. The van der Waals surface area contributed by atoms with E-state index in [1.54, 1.807) is 6.92 Å². The van der Waals surface area contributed by atoms with Gasteiger partial charge in [0.2, 0.25) is 10.0 Å². The molecule has 0 spiro atoms. The molecule has 0 amide bonds. The number of nitrogens with one attached hydrogen (secondary N) is 1. The number of ether oxygens (including phenoxy) is 1. The van der Waals surface area contributed by atoms with Crippen molar-refractivity contribution in [2.24, 2.45) is 0 Å². The molecule has 0 saturated carbocycles. The molecule has 0 aromatic heterocycles. The summed E-state index contributed by atoms with van der Waals surface area (Å²) >= 11 is 0. The average Bonchev–Trinajstić information content (AvgIpc) is 2.38. The van der Waals surface area contributed by atoms with Gasteiger partial charge in [0.1, 0.15) is 10.7 Å². The van der Waals surface area contributed by atoms with E-state index in [0.29, 0.717) is 0 Å². The minimum atomic E-state index is -3.98. The molecule has 7 heteroatoms. The molecular weight excluding hydrogens is 273 g/mol. The maximum atomic E-state index is 13.6. The summed E-state index contributed by atoms with van der Waals surface area (Å²) in [5.74, 6) is -1.13. The second-order valence-corrected chi connectivity index (χ2v) is 5.55. The van der Waals surface area contributed by atoms with Gasteiger partial charge in [0.15, 0.2) is 5.78 Å². The maximum absolute atomic E-state index is 13.6. The summed E-state index contributed by atoms with van der Waals surface area (Å²) in [5.41, 5.74) is 0.177. The van der Waals surface area contributed by atoms with Crippen LogP contribution in [0.15, 0.2) is 23.1 Å². The first-order chi connectivity index (χ1) is 8.92. The van der Waals surface area contributed by atoms with Crippen LogP contribution in [0.5, 0.6) is 0 Å². The van der Waals surface area contributed by atoms with Gasteiger partial charge in [0, 0.05) is 25.6 Å². The third-order valence-corrected chi connectivity index (χ3v) is 3.94. The van der Waals surface area contributed by atoms with Crippen LogP contribution in [0.3, 0.4) is 0 Å². The Morgan fingerprint density at radius 2 is 2.11 bits per heavy atom. The number of hydrogen-bond donors (Lipinski definition) is 1. The normalized spacial score (nSPS) is 11.5. The highest BCUT2D eigenvalue weighted by Gasteiger charge is 2.20. The second kappa shape index (κ2) is 6.74. The van der Waals surface area contributed by atoms with Crippen molar-refractivity contribution in [3.63, 3.8) is 0 Å². The van der Waals surface area contributed by atoms with Crippen LogP contribution < -0.4 is 4.72 Å². The Morgan fingerprint density at radius 3 is 2.68 bits per heavy atom. The lowest BCUT2D eigenvalue weighted by Crippen LogP contribution is -2.28. The van der Waals surface area contributed by atoms with Crippen LogP contribution in [0.1, 0.15) is 23.7 Å². The van der Waals surface area contributed by atoms with Crippen molar-refractivity contribution >= 4 is 15.8 Å². The molecule has 0 unspecified atom stereocenters. The summed E-state index contributed by atoms with van der Waals surface area (Å²) < 4.78 is 44.2. The van der Waals surface area contributed by atoms with Crippen LogP contribution in [0.2, 0.25) is 0 Å². The predicted molar refractivity (Wildman–Crippen MR) is 68.1 cm³/mol. The zero-order valence-corrected chi connectivity index (χ0v) is 11.6. The molecule has 0 atom stereocenters. The molecule has 1 aromatic carbocycles. The number of Topliss-reactive ketones (excluding diaryl/α,β-unsaturated/α-hetero) is 1. The van der Waals surface area contributed by atoms with E-state index in [0.717, 1.165) is 12.1 Å². The van der Waals surface area contributed by atoms with Gasteiger partial charge in [-0.2, -0.15) is 0 Å². The Morgan fingerprint density at radius 1 is 1.42 bits per heavy atom. The molecule has 0 heterocycles. The van der Waals surface area contributed by atoms with Gasteiger partial charge < -0.3 is 4.74 Å². The monoisotopic (exact) mass is 289 g/mol. The van der Waals surface area contributed by atoms with Crippen molar-refractivity contribution in [2.75, 3.05) is 20.3 Å². The molecule has 1 N–H and O–H groups in total. The van der Waals surface area contributed by atoms with E-state index in [1.165, 1.54) is 13.2 Å². The zero-order valence-electron chi connectivity index (χ0n) is 10.8. The van der Waals surface area contributed by atoms with Crippen molar-refractivity contribution < 1.29 is 22.3 Å². The Labute approximate surface area is 111 Å². The largest absolute Gasteiger partial charge is 0.383 e. The molecule has 0 fully saturated rings. The van der Waals surface area contributed by atoms with E-state index in [4.69, 9.17) is 4.74 Å². The molecule has 0 saturated heterocycles. The maximum Gasteiger partial charge on any atom is 0.243 e. The van der Waals surface area contributed by atoms with Crippen LogP contribution in [-0.2, 0) is 14.8 Å². The number of rotatable bonds is 7. The number of ketones is 1. The van der Waals surface area contributed by atoms with Crippen LogP contribution in [0, 0.1) is 5.82 Å². The van der Waals surface area contributed by atoms with Gasteiger partial charge in [-0.15, -0.1) is 0 Å². The fraction of sp³-hybridized carbons (Fsp3) is 0.417. The number of benzene rings is 1. The molecule has 0 aliphatic rings. The van der Waals surface area contributed by atoms with Gasteiger partial charge in [0.05, 0.1) is 6.61 Å². The number of sulfonamides is 1. The molecule has 19 heavy (non-hydrogen) atoms. The summed E-state index contributed by atoms with van der Waals surface area (Å²) in [4.78, 5) is 11.0. The van der Waals surface area contributed by atoms with Crippen LogP contribution >= 0.6 is 0 Å². The van der Waals surface area contributed by atoms with Crippen LogP contribution in [0.25, 0.3) is 0 Å². The summed E-state index contributed by atoms with van der Waals surface area (Å²) in [7, 11) is -2.56. The van der Waals surface area contributed by atoms with Crippen molar-refractivity contribution in [2.45, 2.75) is 18.2 Å². The van der Waals surface area contributed by atoms with Crippen LogP contribution in [-0.4, -0.2) is 34.5 Å². The minimum Gasteiger partial charge on any atom is -0.383 e. The number of carbonyl (C=O) groups is 1. The lowest BCUT2D eigenvalue weighted by Gasteiger charge is -2.08. The minimum absolute atomic E-state index is 0.0320. The van der Waals surface area contributed by atoms with Gasteiger partial charge in [-0.3, -0.25) is 4.79 Å². The number of carbonyl (C=O) groups excluding carboxylic acids is 1. The number of methoxy groups -OCH3 is 1. The van der Waals surface area contributed by atoms with Gasteiger partial charge in [0.25, 0.3) is 0 Å². The Hall–Kier alpha value is -1.31. The van der Waals surface area contributed by atoms with E-state index < -0.39 is 20.7 Å². The topological polar surface area (TPSA) is 72.5 Å². The molecule has 0 aliphatic carbocycles. The van der Waals surface area contributed by atoms with Gasteiger partial charge >= 0.3 is 0 Å². The van der Waals surface area contributed by atoms with Crippen molar-refractivity contribution in [1.82, 2.24) is 4.72 Å². The van der Waals surface area contributed by atoms with Crippen molar-refractivity contribution in [1.29, 1.82) is 0 Å². The number of halogens is 1. The van der Waals surface area contributed by atoms with E-state index in [1.807, 2.05) is 0 Å². The molecule has 0 bridgehead atoms. The quantitative estimate of drug-likeness (QED) is 0.607. The molecule has 0 aliphatic heterocycles. The van der Waals surface area contributed by atoms with E-state index in [-0.39, 0.29) is 30.9 Å².